The predicted octanol–water partition coefficient (Wildman–Crippen LogP) is 2.65. The van der Waals surface area contributed by atoms with Crippen molar-refractivity contribution in [1.29, 1.82) is 0 Å². The monoisotopic (exact) mass is 341 g/mol. The van der Waals surface area contributed by atoms with Crippen molar-refractivity contribution in [2.45, 2.75) is 6.92 Å². The van der Waals surface area contributed by atoms with Gasteiger partial charge in [0, 0.05) is 31.5 Å². The highest BCUT2D eigenvalue weighted by atomic mass is 31.1. The number of nitrogens with one attached hydrogen (secondary N) is 2. The number of carbonyl (C=O) groups is 1. The summed E-state index contributed by atoms with van der Waals surface area (Å²) in [6, 6.07) is 5.74. The average Bonchev–Trinajstić information content (AvgIpc) is 2.96. The first kappa shape index (κ1) is 16.4. The standard InChI is InChI=1S/C17H20N5OP/c1-10-8-18-15-14(10)16(20-9-19-15)21-12-6-5-11(7-13(12)24-4)17(23)22(2)3/h5-9,24H,1-4H3,(H2,18,19,20,21). The van der Waals surface area contributed by atoms with Crippen molar-refractivity contribution in [3.05, 3.63) is 41.9 Å². The van der Waals surface area contributed by atoms with Crippen LogP contribution < -0.4 is 10.6 Å². The normalized spacial score (nSPS) is 11.3. The minimum Gasteiger partial charge on any atom is -0.346 e. The molecule has 124 valence electrons. The third-order valence-corrected chi connectivity index (χ3v) is 4.81. The Morgan fingerprint density at radius 3 is 2.79 bits per heavy atom. The third-order valence-electron chi connectivity index (χ3n) is 3.86. The first-order valence-corrected chi connectivity index (χ1v) is 9.10. The van der Waals surface area contributed by atoms with Gasteiger partial charge in [-0.2, -0.15) is 0 Å². The molecule has 3 rings (SSSR count). The Hall–Kier alpha value is -2.46. The van der Waals surface area contributed by atoms with Crippen LogP contribution in [0.3, 0.4) is 0 Å². The Kier molecular flexibility index (Phi) is 4.49. The fourth-order valence-electron chi connectivity index (χ4n) is 2.59. The molecule has 1 atom stereocenters. The summed E-state index contributed by atoms with van der Waals surface area (Å²) in [6.07, 6.45) is 3.46. The van der Waals surface area contributed by atoms with Gasteiger partial charge in [0.2, 0.25) is 0 Å². The van der Waals surface area contributed by atoms with E-state index in [0.717, 1.165) is 33.4 Å². The molecule has 2 N–H and O–H groups in total. The SMILES string of the molecule is CPc1cc(C(=O)N(C)C)ccc1Nc1ncnc2[nH]cc(C)c12. The summed E-state index contributed by atoms with van der Waals surface area (Å²) in [6.45, 7) is 4.12. The van der Waals surface area contributed by atoms with Gasteiger partial charge in [0.25, 0.3) is 5.91 Å². The number of rotatable bonds is 4. The second-order valence-corrected chi connectivity index (χ2v) is 6.79. The second-order valence-electron chi connectivity index (χ2n) is 5.75. The van der Waals surface area contributed by atoms with Gasteiger partial charge >= 0.3 is 0 Å². The number of aromatic amines is 1. The maximum absolute atomic E-state index is 12.2. The average molecular weight is 341 g/mol. The van der Waals surface area contributed by atoms with Gasteiger partial charge in [-0.25, -0.2) is 9.97 Å². The molecule has 0 spiro atoms. The van der Waals surface area contributed by atoms with Gasteiger partial charge in [-0.1, -0.05) is 8.58 Å². The Bertz CT molecular complexity index is 903. The van der Waals surface area contributed by atoms with Crippen LogP contribution in [0.5, 0.6) is 0 Å². The summed E-state index contributed by atoms with van der Waals surface area (Å²) < 4.78 is 0. The van der Waals surface area contributed by atoms with Crippen LogP contribution in [-0.2, 0) is 0 Å². The van der Waals surface area contributed by atoms with Crippen molar-refractivity contribution in [2.24, 2.45) is 0 Å². The van der Waals surface area contributed by atoms with Crippen molar-refractivity contribution >= 4 is 42.3 Å². The molecule has 0 radical (unpaired) electrons. The van der Waals surface area contributed by atoms with Gasteiger partial charge in [0.05, 0.1) is 5.39 Å². The van der Waals surface area contributed by atoms with E-state index in [0.29, 0.717) is 14.1 Å². The van der Waals surface area contributed by atoms with Crippen LogP contribution in [0, 0.1) is 6.92 Å². The summed E-state index contributed by atoms with van der Waals surface area (Å²) in [4.78, 5) is 25.5. The summed E-state index contributed by atoms with van der Waals surface area (Å²) in [7, 11) is 4.08. The van der Waals surface area contributed by atoms with Crippen LogP contribution in [-0.4, -0.2) is 46.5 Å². The molecule has 24 heavy (non-hydrogen) atoms. The minimum absolute atomic E-state index is 0.00644. The van der Waals surface area contributed by atoms with Crippen LogP contribution in [0.25, 0.3) is 11.0 Å². The van der Waals surface area contributed by atoms with Crippen molar-refractivity contribution in [2.75, 3.05) is 26.1 Å². The lowest BCUT2D eigenvalue weighted by Gasteiger charge is -2.15. The zero-order valence-electron chi connectivity index (χ0n) is 14.1. The molecule has 6 nitrogen and oxygen atoms in total. The van der Waals surface area contributed by atoms with E-state index in [1.807, 2.05) is 31.3 Å². The van der Waals surface area contributed by atoms with E-state index >= 15 is 0 Å². The lowest BCUT2D eigenvalue weighted by atomic mass is 10.1. The largest absolute Gasteiger partial charge is 0.346 e. The highest BCUT2D eigenvalue weighted by Gasteiger charge is 2.13. The van der Waals surface area contributed by atoms with Gasteiger partial charge in [-0.05, 0) is 42.7 Å². The van der Waals surface area contributed by atoms with E-state index in [1.54, 1.807) is 25.3 Å². The maximum atomic E-state index is 12.2. The van der Waals surface area contributed by atoms with Crippen molar-refractivity contribution < 1.29 is 4.79 Å². The van der Waals surface area contributed by atoms with Crippen molar-refractivity contribution in [3.63, 3.8) is 0 Å². The van der Waals surface area contributed by atoms with E-state index in [-0.39, 0.29) is 5.91 Å². The highest BCUT2D eigenvalue weighted by Crippen LogP contribution is 2.26. The van der Waals surface area contributed by atoms with Crippen LogP contribution in [0.15, 0.2) is 30.7 Å². The Labute approximate surface area is 142 Å². The van der Waals surface area contributed by atoms with E-state index in [9.17, 15) is 4.79 Å². The van der Waals surface area contributed by atoms with Crippen LogP contribution in [0.1, 0.15) is 15.9 Å². The number of hydrogen-bond acceptors (Lipinski definition) is 4. The molecule has 0 aliphatic carbocycles. The molecule has 0 aliphatic heterocycles. The lowest BCUT2D eigenvalue weighted by molar-refractivity contribution is 0.0827. The molecular weight excluding hydrogens is 321 g/mol. The summed E-state index contributed by atoms with van der Waals surface area (Å²) in [5, 5.41) is 5.48. The van der Waals surface area contributed by atoms with Gasteiger partial charge < -0.3 is 15.2 Å². The van der Waals surface area contributed by atoms with Crippen LogP contribution in [0.4, 0.5) is 11.5 Å². The molecule has 0 fully saturated rings. The molecule has 2 aromatic heterocycles. The molecule has 0 saturated carbocycles. The number of carbonyl (C=O) groups excluding carboxylic acids is 1. The predicted molar refractivity (Wildman–Crippen MR) is 100 cm³/mol. The molecule has 3 aromatic rings. The number of amides is 1. The fourth-order valence-corrected chi connectivity index (χ4v) is 3.31. The molecule has 1 aromatic carbocycles. The number of anilines is 2. The van der Waals surface area contributed by atoms with Gasteiger partial charge in [0.1, 0.15) is 17.8 Å². The fraction of sp³-hybridized carbons (Fsp3) is 0.235. The second kappa shape index (κ2) is 6.57. The first-order valence-electron chi connectivity index (χ1n) is 7.60. The van der Waals surface area contributed by atoms with E-state index in [2.05, 4.69) is 26.9 Å². The molecular formula is C17H20N5OP. The van der Waals surface area contributed by atoms with E-state index in [4.69, 9.17) is 0 Å². The number of H-pyrrole nitrogens is 1. The smallest absolute Gasteiger partial charge is 0.253 e. The van der Waals surface area contributed by atoms with Crippen LogP contribution in [0.2, 0.25) is 0 Å². The Morgan fingerprint density at radius 2 is 2.08 bits per heavy atom. The van der Waals surface area contributed by atoms with Gasteiger partial charge in [-0.15, -0.1) is 0 Å². The lowest BCUT2D eigenvalue weighted by Crippen LogP contribution is -2.22. The molecule has 0 bridgehead atoms. The number of fused-ring (bicyclic) bond motifs is 1. The zero-order valence-corrected chi connectivity index (χ0v) is 15.1. The number of hydrogen-bond donors (Lipinski definition) is 2. The van der Waals surface area contributed by atoms with E-state index in [1.165, 1.54) is 0 Å². The van der Waals surface area contributed by atoms with Crippen molar-refractivity contribution in [3.8, 4) is 0 Å². The van der Waals surface area contributed by atoms with E-state index < -0.39 is 0 Å². The highest BCUT2D eigenvalue weighted by molar-refractivity contribution is 7.46. The Balaban J connectivity index is 2.00. The number of aromatic nitrogens is 3. The molecule has 2 heterocycles. The first-order chi connectivity index (χ1) is 11.5. The minimum atomic E-state index is 0.00644. The summed E-state index contributed by atoms with van der Waals surface area (Å²) in [5.74, 6) is 0.775. The summed E-state index contributed by atoms with van der Waals surface area (Å²) in [5.41, 5.74) is 3.56. The topological polar surface area (TPSA) is 73.9 Å². The maximum Gasteiger partial charge on any atom is 0.253 e. The number of nitrogens with zero attached hydrogens (tertiary/aromatic N) is 3. The van der Waals surface area contributed by atoms with Crippen molar-refractivity contribution in [1.82, 2.24) is 19.9 Å². The number of benzene rings is 1. The molecule has 1 unspecified atom stereocenters. The number of aryl methyl sites for hydroxylation is 1. The van der Waals surface area contributed by atoms with Gasteiger partial charge in [0.15, 0.2) is 0 Å². The quantitative estimate of drug-likeness (QED) is 0.716. The van der Waals surface area contributed by atoms with Gasteiger partial charge in [-0.3, -0.25) is 4.79 Å². The third kappa shape index (κ3) is 2.97. The molecule has 1 amide bonds. The van der Waals surface area contributed by atoms with Crippen LogP contribution >= 0.6 is 8.58 Å². The summed E-state index contributed by atoms with van der Waals surface area (Å²) >= 11 is 0. The molecule has 0 aliphatic rings. The molecule has 0 saturated heterocycles. The zero-order chi connectivity index (χ0) is 17.3. The molecule has 7 heteroatoms. The Morgan fingerprint density at radius 1 is 1.29 bits per heavy atom.